The molecule has 0 saturated carbocycles. The number of hydrogen-bond acceptors (Lipinski definition) is 11. The molecule has 242 valence electrons. The molecule has 5 rings (SSSR count). The maximum absolute atomic E-state index is 14.5. The predicted molar refractivity (Wildman–Crippen MR) is 167 cm³/mol. The van der Waals surface area contributed by atoms with Crippen molar-refractivity contribution in [2.45, 2.75) is 69.4 Å². The minimum absolute atomic E-state index is 0.0858. The van der Waals surface area contributed by atoms with Crippen LogP contribution in [-0.4, -0.2) is 62.4 Å². The average Bonchev–Trinajstić information content (AvgIpc) is 3.58. The van der Waals surface area contributed by atoms with Gasteiger partial charge in [-0.15, -0.1) is 0 Å². The Morgan fingerprint density at radius 3 is 2.43 bits per heavy atom. The van der Waals surface area contributed by atoms with Crippen LogP contribution < -0.4 is 15.3 Å². The number of esters is 1. The summed E-state index contributed by atoms with van der Waals surface area (Å²) < 4.78 is 39.3. The molecule has 0 aliphatic carbocycles. The highest BCUT2D eigenvalue weighted by molar-refractivity contribution is 7.52. The molecule has 7 atom stereocenters. The summed E-state index contributed by atoms with van der Waals surface area (Å²) in [4.78, 5) is 13.2. The number of nitriles is 1. The minimum Gasteiger partial charge on any atom is -0.462 e. The van der Waals surface area contributed by atoms with Gasteiger partial charge in [-0.3, -0.25) is 9.32 Å². The van der Waals surface area contributed by atoms with Gasteiger partial charge in [-0.1, -0.05) is 48.5 Å². The quantitative estimate of drug-likeness (QED) is 0.129. The summed E-state index contributed by atoms with van der Waals surface area (Å²) in [6.45, 7) is 4.83. The summed E-state index contributed by atoms with van der Waals surface area (Å²) in [5.41, 5.74) is 5.69. The van der Waals surface area contributed by atoms with E-state index in [-0.39, 0.29) is 17.9 Å². The Bertz CT molecular complexity index is 1750. The van der Waals surface area contributed by atoms with E-state index in [4.69, 9.17) is 24.3 Å². The monoisotopic (exact) mass is 649 g/mol. The van der Waals surface area contributed by atoms with E-state index in [0.29, 0.717) is 11.2 Å². The van der Waals surface area contributed by atoms with Gasteiger partial charge < -0.3 is 29.9 Å². The maximum Gasteiger partial charge on any atom is 0.459 e. The number of ether oxygens (including phenoxy) is 2. The molecule has 46 heavy (non-hydrogen) atoms. The number of nitrogens with zero attached hydrogens (tertiary/aromatic N) is 3. The van der Waals surface area contributed by atoms with Gasteiger partial charge in [0, 0.05) is 6.20 Å². The van der Waals surface area contributed by atoms with Crippen molar-refractivity contribution in [1.29, 1.82) is 5.26 Å². The van der Waals surface area contributed by atoms with Crippen molar-refractivity contribution in [3.05, 3.63) is 96.3 Å². The molecule has 14 heteroatoms. The first-order valence-electron chi connectivity index (χ1n) is 14.7. The summed E-state index contributed by atoms with van der Waals surface area (Å²) in [6, 6.07) is 22.8. The van der Waals surface area contributed by atoms with E-state index in [1.165, 1.54) is 23.7 Å². The van der Waals surface area contributed by atoms with Crippen LogP contribution in [0.4, 0.5) is 5.69 Å². The predicted octanol–water partition coefficient (Wildman–Crippen LogP) is 3.50. The first-order valence-corrected chi connectivity index (χ1v) is 16.2. The number of hydrogen-bond donors (Lipinski definition) is 4. The second-order valence-corrected chi connectivity index (χ2v) is 12.9. The highest BCUT2D eigenvalue weighted by atomic mass is 31.2. The van der Waals surface area contributed by atoms with Crippen LogP contribution in [0.15, 0.2) is 85.1 Å². The SMILES string of the molecule is CC(C)OC(=O)[C@H](Cc1ccccc1)NP(=O)(Oc1ccccc1)OC(C)[C@H]1O[C@@](C#N)(c2ccc3c(N)ccnn23)[C@H](O)[C@@H]1O. The second-order valence-electron chi connectivity index (χ2n) is 11.2. The molecule has 0 bridgehead atoms. The summed E-state index contributed by atoms with van der Waals surface area (Å²) >= 11 is 0. The molecule has 2 unspecified atom stereocenters. The molecule has 2 aromatic carbocycles. The fourth-order valence-electron chi connectivity index (χ4n) is 5.34. The molecule has 2 aromatic heterocycles. The fourth-order valence-corrected chi connectivity index (χ4v) is 7.03. The zero-order chi connectivity index (χ0) is 33.1. The van der Waals surface area contributed by atoms with Crippen LogP contribution in [0.3, 0.4) is 0 Å². The summed E-state index contributed by atoms with van der Waals surface area (Å²) in [5, 5.41) is 39.7. The third-order valence-corrected chi connectivity index (χ3v) is 9.19. The smallest absolute Gasteiger partial charge is 0.459 e. The van der Waals surface area contributed by atoms with Crippen molar-refractivity contribution in [1.82, 2.24) is 14.7 Å². The van der Waals surface area contributed by atoms with Crippen LogP contribution in [0.2, 0.25) is 0 Å². The van der Waals surface area contributed by atoms with Gasteiger partial charge >= 0.3 is 13.7 Å². The molecule has 3 heterocycles. The number of benzene rings is 2. The molecular formula is C32H36N5O8P. The van der Waals surface area contributed by atoms with Gasteiger partial charge in [0.15, 0.2) is 0 Å². The average molecular weight is 650 g/mol. The van der Waals surface area contributed by atoms with Crippen LogP contribution >= 0.6 is 7.75 Å². The van der Waals surface area contributed by atoms with Gasteiger partial charge in [0.1, 0.15) is 36.2 Å². The Morgan fingerprint density at radius 1 is 1.11 bits per heavy atom. The Hall–Kier alpha value is -4.28. The standard InChI is InChI=1S/C32H36N5O8P/c1-20(2)42-31(40)25(18-22-10-6-4-7-11-22)36-46(41,45-23-12-8-5-9-13-23)44-21(3)29-28(38)30(39)32(19-33,43-29)27-15-14-26-24(34)16-17-35-37(26)27/h4-17,20-21,25,28-30,38-39H,18,34H2,1-3H3,(H,36,41)/t21?,25-,28+,29+,30+,32-,46?/m0/s1. The maximum atomic E-state index is 14.5. The first kappa shape index (κ1) is 33.1. The van der Waals surface area contributed by atoms with Crippen LogP contribution in [0.25, 0.3) is 5.52 Å². The molecule has 1 fully saturated rings. The second kappa shape index (κ2) is 13.6. The van der Waals surface area contributed by atoms with Crippen molar-refractivity contribution in [2.24, 2.45) is 0 Å². The van der Waals surface area contributed by atoms with Crippen molar-refractivity contribution < 1.29 is 38.1 Å². The van der Waals surface area contributed by atoms with Gasteiger partial charge in [0.25, 0.3) is 0 Å². The topological polar surface area (TPSA) is 191 Å². The summed E-state index contributed by atoms with van der Waals surface area (Å²) in [5.74, 6) is -0.515. The zero-order valence-electron chi connectivity index (χ0n) is 25.5. The summed E-state index contributed by atoms with van der Waals surface area (Å²) in [6.07, 6.45) is -5.02. The number of aromatic nitrogens is 2. The largest absolute Gasteiger partial charge is 0.462 e. The Balaban J connectivity index is 1.46. The molecule has 4 aromatic rings. The van der Waals surface area contributed by atoms with Gasteiger partial charge in [-0.05, 0) is 63.1 Å². The number of aliphatic hydroxyl groups excluding tert-OH is 2. The third-order valence-electron chi connectivity index (χ3n) is 7.50. The Kier molecular flexibility index (Phi) is 9.79. The molecular weight excluding hydrogens is 613 g/mol. The third kappa shape index (κ3) is 6.78. The van der Waals surface area contributed by atoms with Crippen molar-refractivity contribution in [2.75, 3.05) is 5.73 Å². The van der Waals surface area contributed by atoms with Crippen LogP contribution in [0.5, 0.6) is 5.75 Å². The van der Waals surface area contributed by atoms with Gasteiger partial charge in [0.2, 0.25) is 5.60 Å². The molecule has 0 spiro atoms. The number of anilines is 1. The van der Waals surface area contributed by atoms with Crippen LogP contribution in [0.1, 0.15) is 32.0 Å². The van der Waals surface area contributed by atoms with Crippen LogP contribution in [0, 0.1) is 11.3 Å². The van der Waals surface area contributed by atoms with E-state index >= 15 is 0 Å². The lowest BCUT2D eigenvalue weighted by molar-refractivity contribution is -0.149. The fraction of sp³-hybridized carbons (Fsp3) is 0.344. The number of fused-ring (bicyclic) bond motifs is 1. The zero-order valence-corrected chi connectivity index (χ0v) is 26.4. The van der Waals surface area contributed by atoms with E-state index in [1.54, 1.807) is 56.3 Å². The van der Waals surface area contributed by atoms with Crippen molar-refractivity contribution in [3.63, 3.8) is 0 Å². The number of para-hydroxylation sites is 1. The lowest BCUT2D eigenvalue weighted by Crippen LogP contribution is -2.43. The van der Waals surface area contributed by atoms with E-state index < -0.39 is 55.9 Å². The van der Waals surface area contributed by atoms with Gasteiger partial charge in [-0.25, -0.2) is 9.08 Å². The van der Waals surface area contributed by atoms with E-state index in [2.05, 4.69) is 10.2 Å². The number of nitrogen functional groups attached to an aromatic ring is 1. The highest BCUT2D eigenvalue weighted by Gasteiger charge is 2.59. The number of rotatable bonds is 12. The Labute approximate surface area is 266 Å². The molecule has 0 radical (unpaired) electrons. The number of aliphatic hydroxyl groups is 2. The van der Waals surface area contributed by atoms with E-state index in [1.807, 2.05) is 36.4 Å². The lowest BCUT2D eigenvalue weighted by Gasteiger charge is -2.30. The van der Waals surface area contributed by atoms with Crippen molar-refractivity contribution >= 4 is 24.9 Å². The van der Waals surface area contributed by atoms with E-state index in [9.17, 15) is 24.8 Å². The summed E-state index contributed by atoms with van der Waals surface area (Å²) in [7, 11) is -4.48. The molecule has 5 N–H and O–H groups in total. The van der Waals surface area contributed by atoms with Gasteiger partial charge in [0.05, 0.1) is 29.1 Å². The number of nitrogens with one attached hydrogen (secondary N) is 1. The lowest BCUT2D eigenvalue weighted by atomic mass is 9.92. The molecule has 13 nitrogen and oxygen atoms in total. The Morgan fingerprint density at radius 2 is 1.78 bits per heavy atom. The van der Waals surface area contributed by atoms with Crippen LogP contribution in [-0.2, 0) is 35.4 Å². The van der Waals surface area contributed by atoms with Crippen molar-refractivity contribution in [3.8, 4) is 11.8 Å². The van der Waals surface area contributed by atoms with E-state index in [0.717, 1.165) is 5.56 Å². The number of carbonyl (C=O) groups is 1. The minimum atomic E-state index is -4.48. The molecule has 1 aliphatic rings. The van der Waals surface area contributed by atoms with Gasteiger partial charge in [-0.2, -0.15) is 15.4 Å². The highest BCUT2D eigenvalue weighted by Crippen LogP contribution is 2.49. The first-order chi connectivity index (χ1) is 22.0. The number of nitrogens with two attached hydrogens (primary N) is 1. The number of carbonyl (C=O) groups excluding carboxylic acids is 1. The molecule has 1 aliphatic heterocycles. The normalized spacial score (nSPS) is 23.8. The molecule has 1 saturated heterocycles. The molecule has 0 amide bonds.